The fourth-order valence-corrected chi connectivity index (χ4v) is 2.25. The maximum Gasteiger partial charge on any atom is 0.352 e. The Morgan fingerprint density at radius 1 is 1.52 bits per heavy atom. The Labute approximate surface area is 117 Å². The predicted molar refractivity (Wildman–Crippen MR) is 66.1 cm³/mol. The van der Waals surface area contributed by atoms with Gasteiger partial charge in [0.15, 0.2) is 6.23 Å². The summed E-state index contributed by atoms with van der Waals surface area (Å²) in [7, 11) is 1.24. The minimum absolute atomic E-state index is 0.544. The number of H-pyrrole nitrogens is 1. The highest BCUT2D eigenvalue weighted by molar-refractivity contribution is 5.85. The van der Waals surface area contributed by atoms with Crippen LogP contribution in [0.1, 0.15) is 16.7 Å². The van der Waals surface area contributed by atoms with Crippen molar-refractivity contribution in [1.82, 2.24) is 9.55 Å². The summed E-state index contributed by atoms with van der Waals surface area (Å²) in [5, 5.41) is 28.1. The van der Waals surface area contributed by atoms with E-state index in [9.17, 15) is 19.5 Å². The molecule has 1 aliphatic rings. The molecule has 4 atom stereocenters. The molecule has 1 aliphatic heterocycles. The van der Waals surface area contributed by atoms with Crippen molar-refractivity contribution in [3.8, 4) is 0 Å². The van der Waals surface area contributed by atoms with Crippen LogP contribution in [0, 0.1) is 0 Å². The summed E-state index contributed by atoms with van der Waals surface area (Å²) < 4.78 is 11.0. The van der Waals surface area contributed by atoms with Gasteiger partial charge in [-0.1, -0.05) is 0 Å². The number of aromatic nitrogens is 2. The molecule has 0 saturated carbocycles. The third kappa shape index (κ3) is 2.61. The number of rotatable bonds is 4. The van der Waals surface area contributed by atoms with Crippen molar-refractivity contribution in [3.05, 3.63) is 32.6 Å². The van der Waals surface area contributed by atoms with Gasteiger partial charge in [-0.2, -0.15) is 0 Å². The van der Waals surface area contributed by atoms with Crippen LogP contribution in [-0.2, 0) is 9.47 Å². The Morgan fingerprint density at radius 2 is 2.19 bits per heavy atom. The molecule has 2 heterocycles. The molecule has 2 rings (SSSR count). The van der Waals surface area contributed by atoms with Crippen LogP contribution in [0.2, 0.25) is 0 Å². The number of ether oxygens (including phenoxy) is 2. The molecule has 0 bridgehead atoms. The number of nitrogens with zero attached hydrogens (tertiary/aromatic N) is 1. The lowest BCUT2D eigenvalue weighted by atomic mass is 10.1. The van der Waals surface area contributed by atoms with Crippen molar-refractivity contribution in [2.75, 3.05) is 13.7 Å². The average Bonchev–Trinajstić information content (AvgIpc) is 2.73. The molecule has 0 aromatic carbocycles. The van der Waals surface area contributed by atoms with Gasteiger partial charge in [0.05, 0.1) is 6.61 Å². The van der Waals surface area contributed by atoms with Crippen molar-refractivity contribution < 1.29 is 29.6 Å². The third-order valence-electron chi connectivity index (χ3n) is 3.21. The van der Waals surface area contributed by atoms with Gasteiger partial charge >= 0.3 is 11.7 Å². The standard InChI is InChI=1S/C11H14N2O8/c1-20-8-7(16)5(3-14)21-9(8)13-4(10(17)18)2-6(15)12-11(13)19/h2,5,7-9,14,16H,3H2,1H3,(H,17,18)(H,12,15,19)/t5-,7-,8-,9-/m1/s1. The maximum atomic E-state index is 11.9. The molecular formula is C11H14N2O8. The first kappa shape index (κ1) is 15.4. The van der Waals surface area contributed by atoms with Crippen molar-refractivity contribution in [1.29, 1.82) is 0 Å². The Balaban J connectivity index is 2.58. The van der Waals surface area contributed by atoms with E-state index in [4.69, 9.17) is 19.7 Å². The van der Waals surface area contributed by atoms with Crippen LogP contribution in [0.4, 0.5) is 0 Å². The van der Waals surface area contributed by atoms with Crippen LogP contribution in [0.5, 0.6) is 0 Å². The Kier molecular flexibility index (Phi) is 4.23. The summed E-state index contributed by atoms with van der Waals surface area (Å²) in [6, 6.07) is 0.721. The van der Waals surface area contributed by atoms with E-state index in [-0.39, 0.29) is 0 Å². The summed E-state index contributed by atoms with van der Waals surface area (Å²) in [4.78, 5) is 36.2. The molecule has 0 spiro atoms. The van der Waals surface area contributed by atoms with Gasteiger partial charge in [-0.15, -0.1) is 0 Å². The van der Waals surface area contributed by atoms with E-state index in [1.54, 1.807) is 0 Å². The molecule has 1 fully saturated rings. The molecule has 10 nitrogen and oxygen atoms in total. The molecule has 1 aromatic rings. The predicted octanol–water partition coefficient (Wildman–Crippen LogP) is -2.50. The minimum atomic E-state index is -1.52. The fraction of sp³-hybridized carbons (Fsp3) is 0.545. The molecule has 10 heteroatoms. The third-order valence-corrected chi connectivity index (χ3v) is 3.21. The molecule has 0 amide bonds. The lowest BCUT2D eigenvalue weighted by Gasteiger charge is -2.21. The molecule has 0 aliphatic carbocycles. The van der Waals surface area contributed by atoms with Crippen LogP contribution in [0.15, 0.2) is 15.7 Å². The largest absolute Gasteiger partial charge is 0.477 e. The van der Waals surface area contributed by atoms with E-state index < -0.39 is 54.1 Å². The Hall–Kier alpha value is -2.01. The second-order valence-electron chi connectivity index (χ2n) is 4.44. The lowest BCUT2D eigenvalue weighted by Crippen LogP contribution is -2.41. The van der Waals surface area contributed by atoms with E-state index in [1.165, 1.54) is 7.11 Å². The fourth-order valence-electron chi connectivity index (χ4n) is 2.25. The van der Waals surface area contributed by atoms with Crippen LogP contribution in [-0.4, -0.2) is 62.9 Å². The number of aliphatic hydroxyl groups excluding tert-OH is 2. The summed E-state index contributed by atoms with van der Waals surface area (Å²) in [5.41, 5.74) is -2.50. The van der Waals surface area contributed by atoms with Gasteiger partial charge in [0.2, 0.25) is 0 Å². The first-order chi connectivity index (χ1) is 9.90. The topological polar surface area (TPSA) is 151 Å². The van der Waals surface area contributed by atoms with Gasteiger partial charge in [-0.3, -0.25) is 14.3 Å². The van der Waals surface area contributed by atoms with E-state index in [2.05, 4.69) is 0 Å². The number of aromatic carboxylic acids is 1. The highest BCUT2D eigenvalue weighted by Gasteiger charge is 2.46. The zero-order valence-corrected chi connectivity index (χ0v) is 10.9. The number of carbonyl (C=O) groups is 1. The van der Waals surface area contributed by atoms with Crippen LogP contribution in [0.3, 0.4) is 0 Å². The number of nitrogens with one attached hydrogen (secondary N) is 1. The van der Waals surface area contributed by atoms with Gasteiger partial charge in [0.25, 0.3) is 5.56 Å². The summed E-state index contributed by atoms with van der Waals surface area (Å²) in [6.07, 6.45) is -4.67. The van der Waals surface area contributed by atoms with E-state index in [1.807, 2.05) is 4.98 Å². The maximum absolute atomic E-state index is 11.9. The smallest absolute Gasteiger partial charge is 0.352 e. The monoisotopic (exact) mass is 302 g/mol. The molecule has 4 N–H and O–H groups in total. The second kappa shape index (κ2) is 5.77. The lowest BCUT2D eigenvalue weighted by molar-refractivity contribution is -0.0637. The van der Waals surface area contributed by atoms with Crippen molar-refractivity contribution >= 4 is 5.97 Å². The number of hydrogen-bond donors (Lipinski definition) is 4. The summed E-state index contributed by atoms with van der Waals surface area (Å²) in [6.45, 7) is -0.544. The summed E-state index contributed by atoms with van der Waals surface area (Å²) >= 11 is 0. The van der Waals surface area contributed by atoms with Crippen molar-refractivity contribution in [2.45, 2.75) is 24.5 Å². The number of hydrogen-bond acceptors (Lipinski definition) is 7. The quantitative estimate of drug-likeness (QED) is 0.476. The number of aromatic amines is 1. The van der Waals surface area contributed by atoms with Gasteiger partial charge in [0, 0.05) is 13.2 Å². The number of aliphatic hydroxyl groups is 2. The highest BCUT2D eigenvalue weighted by atomic mass is 16.6. The summed E-state index contributed by atoms with van der Waals surface area (Å²) in [5.74, 6) is -1.52. The number of methoxy groups -OCH3 is 1. The normalized spacial score (nSPS) is 28.7. The Bertz CT molecular complexity index is 650. The zero-order chi connectivity index (χ0) is 15.7. The van der Waals surface area contributed by atoms with Gasteiger partial charge in [-0.25, -0.2) is 9.59 Å². The van der Waals surface area contributed by atoms with Crippen LogP contribution in [0.25, 0.3) is 0 Å². The number of carboxylic acid groups (broad SMARTS) is 1. The van der Waals surface area contributed by atoms with E-state index >= 15 is 0 Å². The first-order valence-corrected chi connectivity index (χ1v) is 5.97. The molecule has 0 unspecified atom stereocenters. The van der Waals surface area contributed by atoms with Crippen LogP contribution >= 0.6 is 0 Å². The second-order valence-corrected chi connectivity index (χ2v) is 4.44. The molecule has 116 valence electrons. The number of carboxylic acids is 1. The van der Waals surface area contributed by atoms with Crippen LogP contribution < -0.4 is 11.2 Å². The molecule has 1 saturated heterocycles. The van der Waals surface area contributed by atoms with E-state index in [0.717, 1.165) is 6.07 Å². The highest BCUT2D eigenvalue weighted by Crippen LogP contribution is 2.30. The first-order valence-electron chi connectivity index (χ1n) is 5.97. The molecule has 21 heavy (non-hydrogen) atoms. The Morgan fingerprint density at radius 3 is 2.71 bits per heavy atom. The molecule has 0 radical (unpaired) electrons. The average molecular weight is 302 g/mol. The molecule has 1 aromatic heterocycles. The minimum Gasteiger partial charge on any atom is -0.477 e. The molecular weight excluding hydrogens is 288 g/mol. The van der Waals surface area contributed by atoms with Crippen molar-refractivity contribution in [3.63, 3.8) is 0 Å². The van der Waals surface area contributed by atoms with Crippen molar-refractivity contribution in [2.24, 2.45) is 0 Å². The zero-order valence-electron chi connectivity index (χ0n) is 10.9. The van der Waals surface area contributed by atoms with Gasteiger partial charge < -0.3 is 24.8 Å². The van der Waals surface area contributed by atoms with Gasteiger partial charge in [-0.05, 0) is 0 Å². The van der Waals surface area contributed by atoms with E-state index in [0.29, 0.717) is 4.57 Å². The SMILES string of the molecule is CO[C@@H]1[C@H](O)[C@@H](CO)O[C@H]1n1c(C(=O)O)cc(=O)[nH]c1=O. The van der Waals surface area contributed by atoms with Gasteiger partial charge in [0.1, 0.15) is 24.0 Å².